The molecule has 0 saturated carbocycles. The van der Waals surface area contributed by atoms with Crippen LogP contribution in [0.5, 0.6) is 5.75 Å². The first-order valence-electron chi connectivity index (χ1n) is 11.9. The van der Waals surface area contributed by atoms with Crippen molar-refractivity contribution < 1.29 is 30.0 Å². The Labute approximate surface area is 201 Å². The third kappa shape index (κ3) is 7.49. The Morgan fingerprint density at radius 1 is 1.00 bits per heavy atom. The summed E-state index contributed by atoms with van der Waals surface area (Å²) in [5.41, 5.74) is 2.11. The molecule has 34 heavy (non-hydrogen) atoms. The highest BCUT2D eigenvalue weighted by molar-refractivity contribution is 5.94. The molecule has 1 aromatic heterocycles. The van der Waals surface area contributed by atoms with Crippen LogP contribution in [0.2, 0.25) is 0 Å². The number of methoxy groups -OCH3 is 1. The maximum Gasteiger partial charge on any atom is 0.303 e. The summed E-state index contributed by atoms with van der Waals surface area (Å²) < 4.78 is 25.0. The van der Waals surface area contributed by atoms with Gasteiger partial charge in [0.05, 0.1) is 20.8 Å². The number of hydrogen-bond donors (Lipinski definition) is 1. The number of carbonyl (C=O) groups is 2. The third-order valence-electron chi connectivity index (χ3n) is 5.27. The van der Waals surface area contributed by atoms with Crippen LogP contribution in [0, 0.1) is 0 Å². The number of rotatable bonds is 14. The van der Waals surface area contributed by atoms with Crippen LogP contribution in [-0.2, 0) is 16.1 Å². The van der Waals surface area contributed by atoms with E-state index in [9.17, 15) is 9.59 Å². The largest absolute Gasteiger partial charge is 0.493 e. The molecule has 3 aromatic rings. The van der Waals surface area contributed by atoms with Gasteiger partial charge in [-0.2, -0.15) is 0 Å². The van der Waals surface area contributed by atoms with E-state index >= 15 is 0 Å². The molecule has 1 unspecified atom stereocenters. The zero-order valence-electron chi connectivity index (χ0n) is 20.3. The van der Waals surface area contributed by atoms with E-state index in [1.165, 1.54) is 12.0 Å². The van der Waals surface area contributed by atoms with E-state index < -0.39 is 12.5 Å². The fourth-order valence-electron chi connectivity index (χ4n) is 3.47. The molecule has 2 aromatic carbocycles. The maximum atomic E-state index is 13.4. The molecule has 0 bridgehead atoms. The number of carboxylic acid groups (broad SMARTS) is 1. The molecule has 1 heterocycles. The molecule has 0 radical (unpaired) electrons. The van der Waals surface area contributed by atoms with Gasteiger partial charge >= 0.3 is 5.97 Å². The number of benzene rings is 2. The Kier molecular flexibility index (Phi) is 9.16. The van der Waals surface area contributed by atoms with Crippen molar-refractivity contribution in [1.29, 1.82) is 0 Å². The molecule has 1 N–H and O–H groups in total. The van der Waals surface area contributed by atoms with Gasteiger partial charge in [0, 0.05) is 43.3 Å². The molecule has 1 atom stereocenters. The van der Waals surface area contributed by atoms with Gasteiger partial charge in [-0.1, -0.05) is 30.3 Å². The highest BCUT2D eigenvalue weighted by Crippen LogP contribution is 2.23. The number of aliphatic carboxylic acids is 1. The van der Waals surface area contributed by atoms with Gasteiger partial charge in [0.2, 0.25) is 0 Å². The zero-order valence-corrected chi connectivity index (χ0v) is 19.3. The van der Waals surface area contributed by atoms with Crippen LogP contribution in [0.3, 0.4) is 0 Å². The lowest BCUT2D eigenvalue weighted by Gasteiger charge is -2.24. The maximum absolute atomic E-state index is 13.4. The summed E-state index contributed by atoms with van der Waals surface area (Å²) in [6, 6.07) is 18.2. The Morgan fingerprint density at radius 2 is 1.79 bits per heavy atom. The molecular formula is C27H31NO6. The minimum atomic E-state index is -0.902. The second-order valence-corrected chi connectivity index (χ2v) is 7.79. The van der Waals surface area contributed by atoms with Crippen molar-refractivity contribution in [2.45, 2.75) is 32.2 Å². The average Bonchev–Trinajstić information content (AvgIpc) is 3.40. The van der Waals surface area contributed by atoms with Gasteiger partial charge in [0.15, 0.2) is 0 Å². The van der Waals surface area contributed by atoms with Gasteiger partial charge in [0.25, 0.3) is 5.91 Å². The molecule has 7 nitrogen and oxygen atoms in total. The Balaban J connectivity index is 1.70. The zero-order chi connectivity index (χ0) is 25.0. The number of carboxylic acids is 1. The molecule has 7 heteroatoms. The summed E-state index contributed by atoms with van der Waals surface area (Å²) >= 11 is 0. The lowest BCUT2D eigenvalue weighted by atomic mass is 10.1. The number of unbranched alkanes of at least 4 members (excludes halogenated alkanes) is 2. The Morgan fingerprint density at radius 3 is 2.50 bits per heavy atom. The van der Waals surface area contributed by atoms with Crippen LogP contribution >= 0.6 is 0 Å². The second-order valence-electron chi connectivity index (χ2n) is 7.79. The highest BCUT2D eigenvalue weighted by atomic mass is 16.5. The molecule has 0 aliphatic carbocycles. The minimum absolute atomic E-state index is 0.0722. The number of ether oxygens (including phenoxy) is 2. The van der Waals surface area contributed by atoms with Gasteiger partial charge in [-0.25, -0.2) is 0 Å². The first-order valence-corrected chi connectivity index (χ1v) is 11.3. The number of carbonyl (C=O) groups excluding carboxylic acids is 1. The van der Waals surface area contributed by atoms with Crippen molar-refractivity contribution in [3.63, 3.8) is 0 Å². The SMILES string of the molecule is [2H]C(COC)N(Cc1ccccc1OCCCCCC(=O)O)C(=O)c1ccc(-c2ccco2)cc1. The van der Waals surface area contributed by atoms with Crippen LogP contribution in [0.1, 0.15) is 43.0 Å². The van der Waals surface area contributed by atoms with Crippen LogP contribution in [0.25, 0.3) is 11.3 Å². The number of furan rings is 1. The summed E-state index contributed by atoms with van der Waals surface area (Å²) in [5, 5.41) is 8.74. The lowest BCUT2D eigenvalue weighted by molar-refractivity contribution is -0.137. The number of para-hydroxylation sites is 1. The number of hydrogen-bond acceptors (Lipinski definition) is 5. The summed E-state index contributed by atoms with van der Waals surface area (Å²) in [5.74, 6) is 0.281. The van der Waals surface area contributed by atoms with E-state index in [0.29, 0.717) is 30.1 Å². The van der Waals surface area contributed by atoms with Crippen molar-refractivity contribution in [3.05, 3.63) is 78.1 Å². The molecular weight excluding hydrogens is 434 g/mol. The molecule has 1 amide bonds. The topological polar surface area (TPSA) is 89.2 Å². The third-order valence-corrected chi connectivity index (χ3v) is 5.27. The van der Waals surface area contributed by atoms with E-state index in [1.54, 1.807) is 24.5 Å². The standard InChI is InChI=1S/C27H31NO6/c1-32-19-16-28(27(31)22-14-12-21(13-15-22)24-10-7-18-34-24)20-23-8-4-5-9-25(23)33-17-6-2-3-11-26(29)30/h4-5,7-10,12-15,18H,2-3,6,11,16-17,19-20H2,1H3,(H,29,30)/i16D. The predicted molar refractivity (Wildman–Crippen MR) is 129 cm³/mol. The molecule has 0 spiro atoms. The fourth-order valence-corrected chi connectivity index (χ4v) is 3.47. The summed E-state index contributed by atoms with van der Waals surface area (Å²) in [6.45, 7) is -0.198. The highest BCUT2D eigenvalue weighted by Gasteiger charge is 2.18. The number of amides is 1. The smallest absolute Gasteiger partial charge is 0.303 e. The van der Waals surface area contributed by atoms with Crippen molar-refractivity contribution in [1.82, 2.24) is 4.90 Å². The van der Waals surface area contributed by atoms with Crippen molar-refractivity contribution in [2.24, 2.45) is 0 Å². The van der Waals surface area contributed by atoms with Crippen LogP contribution in [0.15, 0.2) is 71.3 Å². The lowest BCUT2D eigenvalue weighted by Crippen LogP contribution is -2.33. The fraction of sp³-hybridized carbons (Fsp3) is 0.333. The van der Waals surface area contributed by atoms with Crippen LogP contribution < -0.4 is 4.74 Å². The normalized spacial score (nSPS) is 12.1. The molecule has 3 rings (SSSR count). The van der Waals surface area contributed by atoms with E-state index in [2.05, 4.69) is 0 Å². The molecule has 0 aliphatic heterocycles. The predicted octanol–water partition coefficient (Wildman–Crippen LogP) is 5.26. The van der Waals surface area contributed by atoms with Gasteiger partial charge in [-0.05, 0) is 49.6 Å². The van der Waals surface area contributed by atoms with Crippen molar-refractivity contribution in [2.75, 3.05) is 26.8 Å². The Hall–Kier alpha value is -3.58. The molecule has 180 valence electrons. The average molecular weight is 467 g/mol. The first kappa shape index (κ1) is 23.6. The minimum Gasteiger partial charge on any atom is -0.493 e. The van der Waals surface area contributed by atoms with Gasteiger partial charge in [0.1, 0.15) is 11.5 Å². The first-order chi connectivity index (χ1) is 17.0. The summed E-state index contributed by atoms with van der Waals surface area (Å²) in [7, 11) is 1.50. The monoisotopic (exact) mass is 466 g/mol. The van der Waals surface area contributed by atoms with E-state index in [-0.39, 0.29) is 25.5 Å². The van der Waals surface area contributed by atoms with E-state index in [1.807, 2.05) is 42.5 Å². The van der Waals surface area contributed by atoms with Crippen molar-refractivity contribution >= 4 is 11.9 Å². The van der Waals surface area contributed by atoms with Gasteiger partial charge in [-0.15, -0.1) is 0 Å². The van der Waals surface area contributed by atoms with Crippen LogP contribution in [-0.4, -0.2) is 48.7 Å². The van der Waals surface area contributed by atoms with E-state index in [4.69, 9.17) is 20.4 Å². The summed E-state index contributed by atoms with van der Waals surface area (Å²) in [6.07, 6.45) is 3.85. The van der Waals surface area contributed by atoms with E-state index in [0.717, 1.165) is 24.0 Å². The van der Waals surface area contributed by atoms with Crippen LogP contribution in [0.4, 0.5) is 0 Å². The number of nitrogens with zero attached hydrogens (tertiary/aromatic N) is 1. The molecule has 0 aliphatic rings. The quantitative estimate of drug-likeness (QED) is 0.326. The van der Waals surface area contributed by atoms with Gasteiger partial charge < -0.3 is 23.9 Å². The second kappa shape index (κ2) is 13.2. The molecule has 0 saturated heterocycles. The summed E-state index contributed by atoms with van der Waals surface area (Å²) in [4.78, 5) is 25.5. The van der Waals surface area contributed by atoms with Gasteiger partial charge in [-0.3, -0.25) is 9.59 Å². The Bertz CT molecular complexity index is 1070. The molecule has 0 fully saturated rings. The van der Waals surface area contributed by atoms with Crippen molar-refractivity contribution in [3.8, 4) is 17.1 Å².